The number of nitrogens with zero attached hydrogens (tertiary/aromatic N) is 1. The number of halogens is 4. The van der Waals surface area contributed by atoms with Crippen molar-refractivity contribution in [3.63, 3.8) is 0 Å². The van der Waals surface area contributed by atoms with Crippen LogP contribution in [0.3, 0.4) is 0 Å². The predicted molar refractivity (Wildman–Crippen MR) is 110 cm³/mol. The van der Waals surface area contributed by atoms with Gasteiger partial charge in [0.05, 0.1) is 25.8 Å². The zero-order valence-electron chi connectivity index (χ0n) is 17.1. The fourth-order valence-corrected chi connectivity index (χ4v) is 4.21. The SMILES string of the molecule is COc1cc(Cl)cc(OC)c1C1CCCC(C=O)N1Cc1ccc(OC(F)(F)F)cc1. The van der Waals surface area contributed by atoms with E-state index in [4.69, 9.17) is 21.1 Å². The lowest BCUT2D eigenvalue weighted by molar-refractivity contribution is -0.274. The Hall–Kier alpha value is -2.45. The minimum absolute atomic E-state index is 0.197. The van der Waals surface area contributed by atoms with Gasteiger partial charge in [0.15, 0.2) is 0 Å². The zero-order valence-corrected chi connectivity index (χ0v) is 17.9. The molecule has 2 aromatic rings. The highest BCUT2D eigenvalue weighted by atomic mass is 35.5. The lowest BCUT2D eigenvalue weighted by Crippen LogP contribution is -2.42. The molecule has 0 radical (unpaired) electrons. The van der Waals surface area contributed by atoms with Crippen molar-refractivity contribution in [2.45, 2.75) is 44.3 Å². The monoisotopic (exact) mass is 457 g/mol. The molecular weight excluding hydrogens is 435 g/mol. The maximum Gasteiger partial charge on any atom is 0.573 e. The van der Waals surface area contributed by atoms with E-state index < -0.39 is 6.36 Å². The molecule has 1 heterocycles. The molecule has 168 valence electrons. The van der Waals surface area contributed by atoms with E-state index in [9.17, 15) is 18.0 Å². The first-order valence-electron chi connectivity index (χ1n) is 9.73. The quantitative estimate of drug-likeness (QED) is 0.510. The molecule has 0 bridgehead atoms. The maximum atomic E-state index is 12.4. The average molecular weight is 458 g/mol. The lowest BCUT2D eigenvalue weighted by atomic mass is 9.89. The van der Waals surface area contributed by atoms with E-state index in [1.807, 2.05) is 4.90 Å². The van der Waals surface area contributed by atoms with Gasteiger partial charge in [-0.3, -0.25) is 4.90 Å². The predicted octanol–water partition coefficient (Wildman–Crippen LogP) is 5.55. The Balaban J connectivity index is 1.94. The minimum Gasteiger partial charge on any atom is -0.496 e. The fourth-order valence-electron chi connectivity index (χ4n) is 4.01. The molecule has 9 heteroatoms. The van der Waals surface area contributed by atoms with Gasteiger partial charge in [-0.05, 0) is 49.1 Å². The van der Waals surface area contributed by atoms with Crippen LogP contribution >= 0.6 is 11.6 Å². The van der Waals surface area contributed by atoms with E-state index in [0.29, 0.717) is 29.5 Å². The van der Waals surface area contributed by atoms with Crippen molar-refractivity contribution >= 4 is 17.9 Å². The smallest absolute Gasteiger partial charge is 0.496 e. The normalized spacial score (nSPS) is 19.7. The number of methoxy groups -OCH3 is 2. The molecule has 0 amide bonds. The average Bonchev–Trinajstić information content (AvgIpc) is 2.73. The van der Waals surface area contributed by atoms with Crippen LogP contribution in [0.2, 0.25) is 5.02 Å². The highest BCUT2D eigenvalue weighted by Gasteiger charge is 2.35. The molecule has 3 rings (SSSR count). The summed E-state index contributed by atoms with van der Waals surface area (Å²) in [4.78, 5) is 13.9. The van der Waals surface area contributed by atoms with Gasteiger partial charge in [-0.15, -0.1) is 13.2 Å². The fraction of sp³-hybridized carbons (Fsp3) is 0.409. The molecule has 1 fully saturated rings. The van der Waals surface area contributed by atoms with Crippen LogP contribution < -0.4 is 14.2 Å². The van der Waals surface area contributed by atoms with Crippen LogP contribution in [-0.4, -0.2) is 37.8 Å². The molecule has 2 aromatic carbocycles. The van der Waals surface area contributed by atoms with Gasteiger partial charge in [-0.2, -0.15) is 0 Å². The molecule has 31 heavy (non-hydrogen) atoms. The van der Waals surface area contributed by atoms with Gasteiger partial charge in [-0.1, -0.05) is 23.7 Å². The van der Waals surface area contributed by atoms with Crippen molar-refractivity contribution in [2.24, 2.45) is 0 Å². The number of piperidine rings is 1. The molecule has 5 nitrogen and oxygen atoms in total. The number of aldehydes is 1. The van der Waals surface area contributed by atoms with Gasteiger partial charge in [-0.25, -0.2) is 0 Å². The molecule has 0 spiro atoms. The van der Waals surface area contributed by atoms with Crippen LogP contribution in [0.1, 0.15) is 36.4 Å². The van der Waals surface area contributed by atoms with Crippen molar-refractivity contribution in [3.05, 3.63) is 52.5 Å². The number of hydrogen-bond donors (Lipinski definition) is 0. The number of likely N-dealkylation sites (tertiary alicyclic amines) is 1. The second-order valence-corrected chi connectivity index (χ2v) is 7.67. The summed E-state index contributed by atoms with van der Waals surface area (Å²) in [5.41, 5.74) is 1.54. The van der Waals surface area contributed by atoms with Crippen LogP contribution in [0, 0.1) is 0 Å². The van der Waals surface area contributed by atoms with Crippen molar-refractivity contribution < 1.29 is 32.2 Å². The molecule has 2 atom stereocenters. The maximum absolute atomic E-state index is 12.4. The second kappa shape index (κ2) is 9.78. The third kappa shape index (κ3) is 5.62. The summed E-state index contributed by atoms with van der Waals surface area (Å²) in [5.74, 6) is 0.819. The van der Waals surface area contributed by atoms with Gasteiger partial charge in [0.2, 0.25) is 0 Å². The van der Waals surface area contributed by atoms with Gasteiger partial charge in [0.25, 0.3) is 0 Å². The van der Waals surface area contributed by atoms with Gasteiger partial charge in [0, 0.05) is 17.6 Å². The molecular formula is C22H23ClF3NO4. The third-order valence-electron chi connectivity index (χ3n) is 5.32. The third-order valence-corrected chi connectivity index (χ3v) is 5.54. The Bertz CT molecular complexity index is 880. The Morgan fingerprint density at radius 1 is 1.10 bits per heavy atom. The molecule has 0 saturated carbocycles. The first-order chi connectivity index (χ1) is 14.8. The van der Waals surface area contributed by atoms with Crippen molar-refractivity contribution in [1.82, 2.24) is 4.90 Å². The van der Waals surface area contributed by atoms with Crippen LogP contribution in [0.4, 0.5) is 13.2 Å². The first-order valence-corrected chi connectivity index (χ1v) is 10.1. The molecule has 2 unspecified atom stereocenters. The number of alkyl halides is 3. The van der Waals surface area contributed by atoms with Gasteiger partial charge in [0.1, 0.15) is 23.5 Å². The Morgan fingerprint density at radius 3 is 2.23 bits per heavy atom. The van der Waals surface area contributed by atoms with E-state index >= 15 is 0 Å². The van der Waals surface area contributed by atoms with Crippen LogP contribution in [0.5, 0.6) is 17.2 Å². The van der Waals surface area contributed by atoms with Crippen molar-refractivity contribution in [3.8, 4) is 17.2 Å². The van der Waals surface area contributed by atoms with E-state index in [1.54, 1.807) is 38.5 Å². The summed E-state index contributed by atoms with van der Waals surface area (Å²) in [5, 5.41) is 0.465. The summed E-state index contributed by atoms with van der Waals surface area (Å²) >= 11 is 6.18. The second-order valence-electron chi connectivity index (χ2n) is 7.24. The standard InChI is InChI=1S/C22H23ClF3NO4/c1-29-19-10-15(23)11-20(30-2)21(19)18-5-3-4-16(13-28)27(18)12-14-6-8-17(9-7-14)31-22(24,25)26/h6-11,13,16,18H,3-5,12H2,1-2H3. The number of benzene rings is 2. The van der Waals surface area contributed by atoms with E-state index in [1.165, 1.54) is 12.1 Å². The molecule has 1 saturated heterocycles. The number of ether oxygens (including phenoxy) is 3. The van der Waals surface area contributed by atoms with Gasteiger partial charge < -0.3 is 19.0 Å². The molecule has 1 aliphatic rings. The number of carbonyl (C=O) groups excluding carboxylic acids is 1. The Labute approximate surface area is 183 Å². The van der Waals surface area contributed by atoms with Crippen LogP contribution in [0.15, 0.2) is 36.4 Å². The molecule has 1 aliphatic heterocycles. The lowest BCUT2D eigenvalue weighted by Gasteiger charge is -2.41. The summed E-state index contributed by atoms with van der Waals surface area (Å²) in [6, 6.07) is 8.50. The summed E-state index contributed by atoms with van der Waals surface area (Å²) in [6.07, 6.45) is -1.56. The zero-order chi connectivity index (χ0) is 22.6. The number of hydrogen-bond acceptors (Lipinski definition) is 5. The number of carbonyl (C=O) groups is 1. The summed E-state index contributed by atoms with van der Waals surface area (Å²) in [7, 11) is 3.08. The highest BCUT2D eigenvalue weighted by Crippen LogP contribution is 2.45. The van der Waals surface area contributed by atoms with E-state index in [-0.39, 0.29) is 17.8 Å². The molecule has 0 aromatic heterocycles. The van der Waals surface area contributed by atoms with Gasteiger partial charge >= 0.3 is 6.36 Å². The highest BCUT2D eigenvalue weighted by molar-refractivity contribution is 6.30. The summed E-state index contributed by atoms with van der Waals surface area (Å²) < 4.78 is 52.3. The van der Waals surface area contributed by atoms with Crippen LogP contribution in [-0.2, 0) is 11.3 Å². The van der Waals surface area contributed by atoms with Crippen molar-refractivity contribution in [2.75, 3.05) is 14.2 Å². The summed E-state index contributed by atoms with van der Waals surface area (Å²) in [6.45, 7) is 0.356. The Morgan fingerprint density at radius 2 is 1.71 bits per heavy atom. The largest absolute Gasteiger partial charge is 0.573 e. The van der Waals surface area contributed by atoms with E-state index in [0.717, 1.165) is 30.3 Å². The van der Waals surface area contributed by atoms with Crippen LogP contribution in [0.25, 0.3) is 0 Å². The van der Waals surface area contributed by atoms with Crippen molar-refractivity contribution in [1.29, 1.82) is 0 Å². The molecule has 0 aliphatic carbocycles. The number of rotatable bonds is 7. The first kappa shape index (κ1) is 23.2. The van der Waals surface area contributed by atoms with E-state index in [2.05, 4.69) is 4.74 Å². The Kier molecular flexibility index (Phi) is 7.33. The topological polar surface area (TPSA) is 48.0 Å². The molecule has 0 N–H and O–H groups in total. The minimum atomic E-state index is -4.75.